The Bertz CT molecular complexity index is 584. The molecule has 0 aromatic heterocycles. The molecule has 2 aliphatic rings. The van der Waals surface area contributed by atoms with Gasteiger partial charge >= 0.3 is 0 Å². The molecule has 4 heteroatoms. The summed E-state index contributed by atoms with van der Waals surface area (Å²) in [6.07, 6.45) is 3.78. The molecule has 0 bridgehead atoms. The number of hydrogen-bond donors (Lipinski definition) is 1. The van der Waals surface area contributed by atoms with Crippen molar-refractivity contribution in [1.82, 2.24) is 4.90 Å². The highest BCUT2D eigenvalue weighted by atomic mass is 16.5. The smallest absolute Gasteiger partial charge is 0.246 e. The van der Waals surface area contributed by atoms with Crippen molar-refractivity contribution in [2.75, 3.05) is 26.3 Å². The van der Waals surface area contributed by atoms with Gasteiger partial charge < -0.3 is 15.4 Å². The normalized spacial score (nSPS) is 21.1. The molecule has 1 heterocycles. The maximum Gasteiger partial charge on any atom is 0.246 e. The summed E-state index contributed by atoms with van der Waals surface area (Å²) < 4.78 is 5.41. The molecule has 1 aromatic carbocycles. The van der Waals surface area contributed by atoms with E-state index in [9.17, 15) is 4.79 Å². The predicted octanol–water partition coefficient (Wildman–Crippen LogP) is 1.94. The van der Waals surface area contributed by atoms with Crippen LogP contribution in [0, 0.1) is 0 Å². The minimum absolute atomic E-state index is 0.298. The quantitative estimate of drug-likeness (QED) is 0.923. The van der Waals surface area contributed by atoms with Crippen LogP contribution in [0.25, 0.3) is 6.08 Å². The molecule has 1 fully saturated rings. The highest BCUT2D eigenvalue weighted by molar-refractivity contribution is 5.95. The van der Waals surface area contributed by atoms with E-state index in [2.05, 4.69) is 23.1 Å². The molecular weight excluding hydrogens is 264 g/mol. The second kappa shape index (κ2) is 6.14. The first-order valence-corrected chi connectivity index (χ1v) is 7.37. The Morgan fingerprint density at radius 3 is 2.52 bits per heavy atom. The van der Waals surface area contributed by atoms with Crippen LogP contribution in [0.2, 0.25) is 0 Å². The Hall–Kier alpha value is -2.07. The molecule has 21 heavy (non-hydrogen) atoms. The Morgan fingerprint density at radius 1 is 1.14 bits per heavy atom. The van der Waals surface area contributed by atoms with E-state index in [-0.39, 0.29) is 5.91 Å². The van der Waals surface area contributed by atoms with E-state index < -0.39 is 0 Å². The number of allylic oxidation sites excluding steroid dienone is 1. The van der Waals surface area contributed by atoms with Crippen LogP contribution in [0.1, 0.15) is 18.4 Å². The molecule has 1 amide bonds. The van der Waals surface area contributed by atoms with Gasteiger partial charge in [0, 0.05) is 24.4 Å². The van der Waals surface area contributed by atoms with Gasteiger partial charge in [-0.15, -0.1) is 0 Å². The van der Waals surface area contributed by atoms with Crippen LogP contribution in [0.4, 0.5) is 0 Å². The van der Waals surface area contributed by atoms with E-state index in [0.29, 0.717) is 13.2 Å². The van der Waals surface area contributed by atoms with E-state index in [1.54, 1.807) is 0 Å². The second-order valence-corrected chi connectivity index (χ2v) is 5.37. The molecule has 0 spiro atoms. The summed E-state index contributed by atoms with van der Waals surface area (Å²) in [7, 11) is 0. The average Bonchev–Trinajstić information content (AvgIpc) is 2.93. The molecule has 4 nitrogen and oxygen atoms in total. The van der Waals surface area contributed by atoms with Crippen molar-refractivity contribution in [2.45, 2.75) is 12.8 Å². The number of amides is 1. The van der Waals surface area contributed by atoms with Gasteiger partial charge in [-0.05, 0) is 30.1 Å². The molecule has 110 valence electrons. The first-order valence-electron chi connectivity index (χ1n) is 7.37. The summed E-state index contributed by atoms with van der Waals surface area (Å²) in [4.78, 5) is 14.0. The van der Waals surface area contributed by atoms with Crippen molar-refractivity contribution >= 4 is 12.0 Å². The number of ether oxygens (including phenoxy) is 1. The fourth-order valence-corrected chi connectivity index (χ4v) is 3.00. The van der Waals surface area contributed by atoms with Gasteiger partial charge in [-0.3, -0.25) is 4.79 Å². The SMILES string of the molecule is NC(=O)C1=C(N2CCOCC2)C(=Cc2ccccc2)CC1. The second-order valence-electron chi connectivity index (χ2n) is 5.37. The molecule has 1 aliphatic heterocycles. The molecular formula is C17H20N2O2. The van der Waals surface area contributed by atoms with Gasteiger partial charge in [0.15, 0.2) is 0 Å². The van der Waals surface area contributed by atoms with Gasteiger partial charge in [0.1, 0.15) is 0 Å². The molecule has 1 aliphatic carbocycles. The number of hydrogen-bond acceptors (Lipinski definition) is 3. The zero-order valence-electron chi connectivity index (χ0n) is 12.0. The van der Waals surface area contributed by atoms with Crippen molar-refractivity contribution in [3.05, 3.63) is 52.7 Å². The summed E-state index contributed by atoms with van der Waals surface area (Å²) in [6.45, 7) is 3.04. The maximum absolute atomic E-state index is 11.7. The minimum atomic E-state index is -0.298. The zero-order valence-corrected chi connectivity index (χ0v) is 12.0. The number of nitrogens with two attached hydrogens (primary N) is 1. The van der Waals surface area contributed by atoms with Crippen molar-refractivity contribution in [1.29, 1.82) is 0 Å². The van der Waals surface area contributed by atoms with Gasteiger partial charge in [0.05, 0.1) is 13.2 Å². The number of carbonyl (C=O) groups is 1. The van der Waals surface area contributed by atoms with Gasteiger partial charge in [-0.1, -0.05) is 30.3 Å². The molecule has 0 atom stereocenters. The van der Waals surface area contributed by atoms with E-state index in [1.165, 1.54) is 5.57 Å². The molecule has 1 saturated heterocycles. The maximum atomic E-state index is 11.7. The molecule has 1 aromatic rings. The number of benzene rings is 1. The summed E-state index contributed by atoms with van der Waals surface area (Å²) in [5, 5.41) is 0. The van der Waals surface area contributed by atoms with Crippen LogP contribution in [-0.2, 0) is 9.53 Å². The van der Waals surface area contributed by atoms with Crippen molar-refractivity contribution in [3.8, 4) is 0 Å². The summed E-state index contributed by atoms with van der Waals surface area (Å²) in [5.41, 5.74) is 9.73. The molecule has 0 saturated carbocycles. The number of rotatable bonds is 3. The number of morpholine rings is 1. The van der Waals surface area contributed by atoms with Crippen LogP contribution < -0.4 is 5.73 Å². The van der Waals surface area contributed by atoms with Crippen LogP contribution in [0.15, 0.2) is 47.2 Å². The lowest BCUT2D eigenvalue weighted by Gasteiger charge is -2.31. The Labute approximate surface area is 124 Å². The van der Waals surface area contributed by atoms with Crippen molar-refractivity contribution in [3.63, 3.8) is 0 Å². The lowest BCUT2D eigenvalue weighted by molar-refractivity contribution is -0.114. The third kappa shape index (κ3) is 3.00. The van der Waals surface area contributed by atoms with Gasteiger partial charge in [0.25, 0.3) is 0 Å². The average molecular weight is 284 g/mol. The topological polar surface area (TPSA) is 55.6 Å². The Balaban J connectivity index is 1.96. The van der Waals surface area contributed by atoms with Crippen LogP contribution >= 0.6 is 0 Å². The minimum Gasteiger partial charge on any atom is -0.378 e. The summed E-state index contributed by atoms with van der Waals surface area (Å²) >= 11 is 0. The highest BCUT2D eigenvalue weighted by Gasteiger charge is 2.28. The van der Waals surface area contributed by atoms with Crippen LogP contribution in [0.5, 0.6) is 0 Å². The van der Waals surface area contributed by atoms with Gasteiger partial charge in [-0.2, -0.15) is 0 Å². The molecule has 3 rings (SSSR count). The molecule has 0 unspecified atom stereocenters. The van der Waals surface area contributed by atoms with Crippen molar-refractivity contribution < 1.29 is 9.53 Å². The van der Waals surface area contributed by atoms with E-state index in [0.717, 1.165) is 42.8 Å². The van der Waals surface area contributed by atoms with Gasteiger partial charge in [0.2, 0.25) is 5.91 Å². The van der Waals surface area contributed by atoms with E-state index in [4.69, 9.17) is 10.5 Å². The number of carbonyl (C=O) groups excluding carboxylic acids is 1. The van der Waals surface area contributed by atoms with E-state index in [1.807, 2.05) is 18.2 Å². The Morgan fingerprint density at radius 2 is 1.86 bits per heavy atom. The summed E-state index contributed by atoms with van der Waals surface area (Å²) in [5.74, 6) is -0.298. The number of nitrogens with zero attached hydrogens (tertiary/aromatic N) is 1. The largest absolute Gasteiger partial charge is 0.378 e. The number of primary amides is 1. The summed E-state index contributed by atoms with van der Waals surface area (Å²) in [6, 6.07) is 10.2. The lowest BCUT2D eigenvalue weighted by Crippen LogP contribution is -2.36. The van der Waals surface area contributed by atoms with Crippen LogP contribution in [-0.4, -0.2) is 37.1 Å². The van der Waals surface area contributed by atoms with Crippen molar-refractivity contribution in [2.24, 2.45) is 5.73 Å². The standard InChI is InChI=1S/C17H20N2O2/c18-17(20)15-7-6-14(12-13-4-2-1-3-5-13)16(15)19-8-10-21-11-9-19/h1-5,12H,6-11H2,(H2,18,20). The van der Waals surface area contributed by atoms with E-state index >= 15 is 0 Å². The first-order chi connectivity index (χ1) is 10.3. The lowest BCUT2D eigenvalue weighted by atomic mass is 10.1. The molecule has 2 N–H and O–H groups in total. The van der Waals surface area contributed by atoms with Crippen LogP contribution in [0.3, 0.4) is 0 Å². The van der Waals surface area contributed by atoms with Gasteiger partial charge in [-0.25, -0.2) is 0 Å². The monoisotopic (exact) mass is 284 g/mol. The Kier molecular flexibility index (Phi) is 4.06. The predicted molar refractivity (Wildman–Crippen MR) is 82.3 cm³/mol. The third-order valence-electron chi connectivity index (χ3n) is 4.00. The third-order valence-corrected chi connectivity index (χ3v) is 4.00. The zero-order chi connectivity index (χ0) is 14.7. The first kappa shape index (κ1) is 13.9. The fourth-order valence-electron chi connectivity index (χ4n) is 3.00. The molecule has 0 radical (unpaired) electrons. The fraction of sp³-hybridized carbons (Fsp3) is 0.353. The highest BCUT2D eigenvalue weighted by Crippen LogP contribution is 2.35.